The lowest BCUT2D eigenvalue weighted by atomic mass is 10.1. The fourth-order valence-electron chi connectivity index (χ4n) is 3.24. The second-order valence-electron chi connectivity index (χ2n) is 6.70. The van der Waals surface area contributed by atoms with Gasteiger partial charge < -0.3 is 15.0 Å². The highest BCUT2D eigenvalue weighted by Gasteiger charge is 2.25. The summed E-state index contributed by atoms with van der Waals surface area (Å²) in [4.78, 5) is 14.3. The van der Waals surface area contributed by atoms with Crippen LogP contribution in [0.3, 0.4) is 0 Å². The van der Waals surface area contributed by atoms with Crippen molar-refractivity contribution >= 4 is 11.6 Å². The van der Waals surface area contributed by atoms with Crippen molar-refractivity contribution in [1.29, 1.82) is 0 Å². The fraction of sp³-hybridized carbons (Fsp3) is 0.381. The molecule has 0 bridgehead atoms. The van der Waals surface area contributed by atoms with Crippen LogP contribution >= 0.6 is 0 Å². The summed E-state index contributed by atoms with van der Waals surface area (Å²) < 4.78 is 5.78. The number of hydrogen-bond donors (Lipinski definition) is 1. The number of nitrogens with one attached hydrogen (secondary N) is 1. The van der Waals surface area contributed by atoms with Crippen LogP contribution < -0.4 is 10.1 Å². The number of para-hydroxylation sites is 1. The Labute approximate surface area is 149 Å². The minimum absolute atomic E-state index is 0.169. The maximum Gasteiger partial charge on any atom is 0.226 e. The fourth-order valence-corrected chi connectivity index (χ4v) is 3.24. The van der Waals surface area contributed by atoms with Crippen LogP contribution in [-0.4, -0.2) is 36.5 Å². The van der Waals surface area contributed by atoms with Gasteiger partial charge in [0.05, 0.1) is 13.0 Å². The molecule has 1 N–H and O–H groups in total. The number of amides is 1. The van der Waals surface area contributed by atoms with Crippen LogP contribution in [0.4, 0.5) is 5.69 Å². The van der Waals surface area contributed by atoms with Crippen molar-refractivity contribution in [2.75, 3.05) is 25.0 Å². The normalized spacial score (nSPS) is 16.7. The van der Waals surface area contributed by atoms with E-state index in [0.29, 0.717) is 19.1 Å². The number of ether oxygens (including phenoxy) is 1. The van der Waals surface area contributed by atoms with E-state index >= 15 is 0 Å². The van der Waals surface area contributed by atoms with E-state index in [-0.39, 0.29) is 5.91 Å². The quantitative estimate of drug-likeness (QED) is 0.871. The molecule has 1 saturated heterocycles. The molecule has 0 spiro atoms. The highest BCUT2D eigenvalue weighted by Crippen LogP contribution is 2.20. The van der Waals surface area contributed by atoms with Gasteiger partial charge in [-0.15, -0.1) is 0 Å². The second kappa shape index (κ2) is 8.06. The molecule has 3 rings (SSSR count). The predicted molar refractivity (Wildman–Crippen MR) is 101 cm³/mol. The summed E-state index contributed by atoms with van der Waals surface area (Å²) in [7, 11) is 0. The van der Waals surface area contributed by atoms with Crippen LogP contribution in [-0.2, 0) is 4.79 Å². The van der Waals surface area contributed by atoms with Gasteiger partial charge in [0.2, 0.25) is 5.91 Å². The summed E-state index contributed by atoms with van der Waals surface area (Å²) in [5.41, 5.74) is 3.44. The van der Waals surface area contributed by atoms with Crippen molar-refractivity contribution in [3.63, 3.8) is 0 Å². The number of aryl methyl sites for hydroxylation is 2. The van der Waals surface area contributed by atoms with Crippen molar-refractivity contribution in [3.05, 3.63) is 59.7 Å². The minimum Gasteiger partial charge on any atom is -0.493 e. The first kappa shape index (κ1) is 17.3. The largest absolute Gasteiger partial charge is 0.493 e. The number of hydrogen-bond acceptors (Lipinski definition) is 3. The van der Waals surface area contributed by atoms with Crippen LogP contribution in [0.15, 0.2) is 48.5 Å². The third-order valence-corrected chi connectivity index (χ3v) is 4.59. The van der Waals surface area contributed by atoms with Crippen LogP contribution in [0.25, 0.3) is 0 Å². The Hall–Kier alpha value is -2.49. The van der Waals surface area contributed by atoms with E-state index in [4.69, 9.17) is 4.74 Å². The van der Waals surface area contributed by atoms with Crippen molar-refractivity contribution in [3.8, 4) is 5.75 Å². The highest BCUT2D eigenvalue weighted by molar-refractivity contribution is 5.76. The standard InChI is InChI=1S/C21H26N2O2/c1-16-8-9-20(17(2)14-16)25-13-11-21(24)23-12-10-19(15-23)22-18-6-4-3-5-7-18/h3-9,14,19,22H,10-13,15H2,1-2H3. The van der Waals surface area contributed by atoms with Crippen LogP contribution in [0.1, 0.15) is 24.0 Å². The van der Waals surface area contributed by atoms with Crippen molar-refractivity contribution in [1.82, 2.24) is 4.90 Å². The zero-order chi connectivity index (χ0) is 17.6. The highest BCUT2D eigenvalue weighted by atomic mass is 16.5. The Kier molecular flexibility index (Phi) is 5.59. The lowest BCUT2D eigenvalue weighted by Gasteiger charge is -2.18. The van der Waals surface area contributed by atoms with E-state index in [1.54, 1.807) is 0 Å². The van der Waals surface area contributed by atoms with E-state index in [9.17, 15) is 4.79 Å². The van der Waals surface area contributed by atoms with E-state index in [1.165, 1.54) is 5.56 Å². The molecule has 4 nitrogen and oxygen atoms in total. The van der Waals surface area contributed by atoms with Crippen LogP contribution in [0, 0.1) is 13.8 Å². The Morgan fingerprint density at radius 2 is 2.00 bits per heavy atom. The summed E-state index contributed by atoms with van der Waals surface area (Å²) in [6, 6.07) is 16.6. The number of benzene rings is 2. The SMILES string of the molecule is Cc1ccc(OCCC(=O)N2CCC(Nc3ccccc3)C2)c(C)c1. The summed E-state index contributed by atoms with van der Waals surface area (Å²) in [5, 5.41) is 3.50. The smallest absolute Gasteiger partial charge is 0.226 e. The van der Waals surface area contributed by atoms with Gasteiger partial charge in [0, 0.05) is 24.8 Å². The van der Waals surface area contributed by atoms with Gasteiger partial charge in [-0.1, -0.05) is 35.9 Å². The third kappa shape index (κ3) is 4.75. The Morgan fingerprint density at radius 3 is 2.76 bits per heavy atom. The van der Waals surface area contributed by atoms with E-state index in [1.807, 2.05) is 42.2 Å². The first-order chi connectivity index (χ1) is 12.1. The maximum absolute atomic E-state index is 12.4. The Balaban J connectivity index is 1.43. The lowest BCUT2D eigenvalue weighted by Crippen LogP contribution is -2.32. The monoisotopic (exact) mass is 338 g/mol. The molecule has 1 atom stereocenters. The number of likely N-dealkylation sites (tertiary alicyclic amines) is 1. The first-order valence-corrected chi connectivity index (χ1v) is 8.91. The van der Waals surface area contributed by atoms with Crippen molar-refractivity contribution in [2.24, 2.45) is 0 Å². The molecular weight excluding hydrogens is 312 g/mol. The average molecular weight is 338 g/mol. The maximum atomic E-state index is 12.4. The predicted octanol–water partition coefficient (Wildman–Crippen LogP) is 3.79. The van der Waals surface area contributed by atoms with Gasteiger partial charge in [0.25, 0.3) is 0 Å². The molecule has 2 aromatic rings. The summed E-state index contributed by atoms with van der Waals surface area (Å²) in [6.45, 7) is 6.10. The molecule has 1 unspecified atom stereocenters. The van der Waals surface area contributed by atoms with Crippen LogP contribution in [0.5, 0.6) is 5.75 Å². The molecule has 0 radical (unpaired) electrons. The minimum atomic E-state index is 0.169. The Morgan fingerprint density at radius 1 is 1.20 bits per heavy atom. The van der Waals surface area contributed by atoms with Gasteiger partial charge >= 0.3 is 0 Å². The molecule has 25 heavy (non-hydrogen) atoms. The molecule has 132 valence electrons. The number of rotatable bonds is 6. The van der Waals surface area contributed by atoms with Gasteiger partial charge in [-0.2, -0.15) is 0 Å². The molecule has 4 heteroatoms. The molecule has 1 fully saturated rings. The van der Waals surface area contributed by atoms with Gasteiger partial charge in [-0.3, -0.25) is 4.79 Å². The molecule has 1 aliphatic heterocycles. The van der Waals surface area contributed by atoms with E-state index in [2.05, 4.69) is 30.4 Å². The van der Waals surface area contributed by atoms with Gasteiger partial charge in [0.15, 0.2) is 0 Å². The molecule has 2 aromatic carbocycles. The molecule has 0 aromatic heterocycles. The number of carbonyl (C=O) groups excluding carboxylic acids is 1. The molecule has 1 amide bonds. The molecule has 1 heterocycles. The Bertz CT molecular complexity index is 715. The lowest BCUT2D eigenvalue weighted by molar-refractivity contribution is -0.130. The molecular formula is C21H26N2O2. The zero-order valence-corrected chi connectivity index (χ0v) is 15.0. The van der Waals surface area contributed by atoms with Gasteiger partial charge in [-0.05, 0) is 44.0 Å². The van der Waals surface area contributed by atoms with Crippen molar-refractivity contribution in [2.45, 2.75) is 32.7 Å². The van der Waals surface area contributed by atoms with E-state index < -0.39 is 0 Å². The van der Waals surface area contributed by atoms with Crippen LogP contribution in [0.2, 0.25) is 0 Å². The molecule has 0 saturated carbocycles. The van der Waals surface area contributed by atoms with Gasteiger partial charge in [-0.25, -0.2) is 0 Å². The summed E-state index contributed by atoms with van der Waals surface area (Å²) in [6.07, 6.45) is 1.41. The third-order valence-electron chi connectivity index (χ3n) is 4.59. The first-order valence-electron chi connectivity index (χ1n) is 8.91. The molecule has 1 aliphatic rings. The zero-order valence-electron chi connectivity index (χ0n) is 15.0. The molecule has 0 aliphatic carbocycles. The van der Waals surface area contributed by atoms with E-state index in [0.717, 1.165) is 36.5 Å². The number of nitrogens with zero attached hydrogens (tertiary/aromatic N) is 1. The number of carbonyl (C=O) groups is 1. The summed E-state index contributed by atoms with van der Waals surface area (Å²) >= 11 is 0. The number of anilines is 1. The topological polar surface area (TPSA) is 41.6 Å². The van der Waals surface area contributed by atoms with Crippen molar-refractivity contribution < 1.29 is 9.53 Å². The average Bonchev–Trinajstić information content (AvgIpc) is 3.06. The summed E-state index contributed by atoms with van der Waals surface area (Å²) in [5.74, 6) is 1.03. The van der Waals surface area contributed by atoms with Gasteiger partial charge in [0.1, 0.15) is 5.75 Å². The second-order valence-corrected chi connectivity index (χ2v) is 6.70.